The Balaban J connectivity index is 1.81. The lowest BCUT2D eigenvalue weighted by Gasteiger charge is -2.10. The first-order valence-electron chi connectivity index (χ1n) is 7.71. The fourth-order valence-corrected chi connectivity index (χ4v) is 2.25. The molecule has 3 aromatic rings. The zero-order valence-corrected chi connectivity index (χ0v) is 13.6. The van der Waals surface area contributed by atoms with Crippen molar-refractivity contribution in [3.63, 3.8) is 0 Å². The number of nitriles is 1. The van der Waals surface area contributed by atoms with E-state index < -0.39 is 4.92 Å². The van der Waals surface area contributed by atoms with Crippen molar-refractivity contribution in [1.82, 2.24) is 9.97 Å². The normalized spacial score (nSPS) is 9.96. The Labute approximate surface area is 149 Å². The molecule has 128 valence electrons. The predicted molar refractivity (Wildman–Crippen MR) is 96.9 cm³/mol. The van der Waals surface area contributed by atoms with Gasteiger partial charge in [-0.15, -0.1) is 0 Å². The van der Waals surface area contributed by atoms with Gasteiger partial charge in [0.25, 0.3) is 0 Å². The van der Waals surface area contributed by atoms with E-state index in [2.05, 4.69) is 20.6 Å². The minimum absolute atomic E-state index is 0.124. The fraction of sp³-hybridized carbons (Fsp3) is 0.0556. The third-order valence-electron chi connectivity index (χ3n) is 3.57. The molecule has 3 rings (SSSR count). The molecular formula is C18H14N6O2. The lowest BCUT2D eigenvalue weighted by molar-refractivity contribution is -0.384. The van der Waals surface area contributed by atoms with Gasteiger partial charge in [-0.1, -0.05) is 0 Å². The van der Waals surface area contributed by atoms with Crippen LogP contribution in [0.5, 0.6) is 0 Å². The SMILES string of the molecule is N#Cc1ccc(Nc2nc(NCc3ccncc3)ccc2[N+](=O)[O-])cc1. The molecular weight excluding hydrogens is 332 g/mol. The molecule has 2 N–H and O–H groups in total. The minimum Gasteiger partial charge on any atom is -0.366 e. The Morgan fingerprint density at radius 2 is 1.81 bits per heavy atom. The maximum atomic E-state index is 11.3. The van der Waals surface area contributed by atoms with Gasteiger partial charge in [-0.3, -0.25) is 15.1 Å². The quantitative estimate of drug-likeness (QED) is 0.517. The molecule has 0 saturated heterocycles. The fourth-order valence-electron chi connectivity index (χ4n) is 2.25. The van der Waals surface area contributed by atoms with E-state index in [-0.39, 0.29) is 11.5 Å². The van der Waals surface area contributed by atoms with E-state index in [0.717, 1.165) is 5.56 Å². The molecule has 26 heavy (non-hydrogen) atoms. The second-order valence-electron chi connectivity index (χ2n) is 5.34. The summed E-state index contributed by atoms with van der Waals surface area (Å²) in [5.41, 5.74) is 1.99. The summed E-state index contributed by atoms with van der Waals surface area (Å²) in [5.74, 6) is 0.628. The Kier molecular flexibility index (Phi) is 5.00. The van der Waals surface area contributed by atoms with Crippen molar-refractivity contribution in [1.29, 1.82) is 5.26 Å². The monoisotopic (exact) mass is 346 g/mol. The number of hydrogen-bond donors (Lipinski definition) is 2. The molecule has 0 unspecified atom stereocenters. The van der Waals surface area contributed by atoms with Gasteiger partial charge in [0.2, 0.25) is 5.82 Å². The summed E-state index contributed by atoms with van der Waals surface area (Å²) in [6.07, 6.45) is 3.39. The number of benzene rings is 1. The van der Waals surface area contributed by atoms with E-state index in [0.29, 0.717) is 23.6 Å². The Hall–Kier alpha value is -3.99. The Bertz CT molecular complexity index is 952. The smallest absolute Gasteiger partial charge is 0.311 e. The number of nitro groups is 1. The molecule has 0 radical (unpaired) electrons. The molecule has 2 heterocycles. The van der Waals surface area contributed by atoms with Crippen molar-refractivity contribution in [3.05, 3.63) is 82.2 Å². The average molecular weight is 346 g/mol. The zero-order chi connectivity index (χ0) is 18.4. The van der Waals surface area contributed by atoms with Gasteiger partial charge in [-0.05, 0) is 48.0 Å². The van der Waals surface area contributed by atoms with E-state index in [1.807, 2.05) is 18.2 Å². The van der Waals surface area contributed by atoms with E-state index in [9.17, 15) is 10.1 Å². The van der Waals surface area contributed by atoms with Gasteiger partial charge in [0.1, 0.15) is 5.82 Å². The lowest BCUT2D eigenvalue weighted by atomic mass is 10.2. The van der Waals surface area contributed by atoms with Crippen molar-refractivity contribution in [2.75, 3.05) is 10.6 Å². The van der Waals surface area contributed by atoms with E-state index in [1.54, 1.807) is 42.7 Å². The molecule has 0 fully saturated rings. The first kappa shape index (κ1) is 16.9. The maximum absolute atomic E-state index is 11.3. The molecule has 0 saturated carbocycles. The van der Waals surface area contributed by atoms with Crippen molar-refractivity contribution in [3.8, 4) is 6.07 Å². The summed E-state index contributed by atoms with van der Waals surface area (Å²) in [5, 5.41) is 26.2. The van der Waals surface area contributed by atoms with Crippen molar-refractivity contribution in [2.24, 2.45) is 0 Å². The van der Waals surface area contributed by atoms with Crippen molar-refractivity contribution >= 4 is 23.0 Å². The van der Waals surface area contributed by atoms with E-state index in [4.69, 9.17) is 5.26 Å². The summed E-state index contributed by atoms with van der Waals surface area (Å²) in [6.45, 7) is 0.517. The van der Waals surface area contributed by atoms with Crippen molar-refractivity contribution in [2.45, 2.75) is 6.54 Å². The molecule has 0 aliphatic carbocycles. The predicted octanol–water partition coefficient (Wildman–Crippen LogP) is 3.61. The second kappa shape index (κ2) is 7.72. The van der Waals surface area contributed by atoms with Gasteiger partial charge >= 0.3 is 5.69 Å². The van der Waals surface area contributed by atoms with Crippen LogP contribution in [0, 0.1) is 21.4 Å². The summed E-state index contributed by atoms with van der Waals surface area (Å²) in [6, 6.07) is 15.3. The van der Waals surface area contributed by atoms with Crippen LogP contribution in [-0.4, -0.2) is 14.9 Å². The van der Waals surface area contributed by atoms with Gasteiger partial charge in [-0.2, -0.15) is 5.26 Å². The van der Waals surface area contributed by atoms with Crippen LogP contribution in [0.15, 0.2) is 60.9 Å². The summed E-state index contributed by atoms with van der Waals surface area (Å²) in [4.78, 5) is 19.0. The van der Waals surface area contributed by atoms with Gasteiger partial charge in [0.05, 0.1) is 16.6 Å². The molecule has 8 heteroatoms. The maximum Gasteiger partial charge on any atom is 0.311 e. The molecule has 0 amide bonds. The molecule has 0 spiro atoms. The minimum atomic E-state index is -0.494. The summed E-state index contributed by atoms with van der Waals surface area (Å²) >= 11 is 0. The number of rotatable bonds is 6. The standard InChI is InChI=1S/C18H14N6O2/c19-11-13-1-3-15(4-2-13)22-18-16(24(25)26)5-6-17(23-18)21-12-14-7-9-20-10-8-14/h1-10H,12H2,(H2,21,22,23). The van der Waals surface area contributed by atoms with Gasteiger partial charge in [0, 0.05) is 30.7 Å². The molecule has 0 bridgehead atoms. The number of anilines is 3. The lowest BCUT2D eigenvalue weighted by Crippen LogP contribution is -2.05. The Morgan fingerprint density at radius 3 is 2.46 bits per heavy atom. The molecule has 2 aromatic heterocycles. The summed E-state index contributed by atoms with van der Waals surface area (Å²) in [7, 11) is 0. The topological polar surface area (TPSA) is 117 Å². The van der Waals surface area contributed by atoms with E-state index in [1.165, 1.54) is 6.07 Å². The first-order chi connectivity index (χ1) is 12.7. The van der Waals surface area contributed by atoms with Crippen LogP contribution in [0.4, 0.5) is 23.0 Å². The number of pyridine rings is 2. The first-order valence-corrected chi connectivity index (χ1v) is 7.71. The third kappa shape index (κ3) is 4.10. The van der Waals surface area contributed by atoms with Crippen LogP contribution < -0.4 is 10.6 Å². The highest BCUT2D eigenvalue weighted by molar-refractivity contribution is 5.68. The van der Waals surface area contributed by atoms with Crippen LogP contribution in [0.25, 0.3) is 0 Å². The van der Waals surface area contributed by atoms with Crippen molar-refractivity contribution < 1.29 is 4.92 Å². The number of nitrogens with zero attached hydrogens (tertiary/aromatic N) is 4. The van der Waals surface area contributed by atoms with E-state index >= 15 is 0 Å². The van der Waals surface area contributed by atoms with Gasteiger partial charge < -0.3 is 10.6 Å². The molecule has 1 aromatic carbocycles. The van der Waals surface area contributed by atoms with Gasteiger partial charge in [0.15, 0.2) is 0 Å². The van der Waals surface area contributed by atoms with Crippen LogP contribution in [-0.2, 0) is 6.54 Å². The second-order valence-corrected chi connectivity index (χ2v) is 5.34. The number of aromatic nitrogens is 2. The third-order valence-corrected chi connectivity index (χ3v) is 3.57. The number of hydrogen-bond acceptors (Lipinski definition) is 7. The highest BCUT2D eigenvalue weighted by Gasteiger charge is 2.16. The van der Waals surface area contributed by atoms with Crippen LogP contribution in [0.1, 0.15) is 11.1 Å². The molecule has 0 aliphatic rings. The van der Waals surface area contributed by atoms with Crippen LogP contribution >= 0.6 is 0 Å². The largest absolute Gasteiger partial charge is 0.366 e. The summed E-state index contributed by atoms with van der Waals surface area (Å²) < 4.78 is 0. The molecule has 0 atom stereocenters. The van der Waals surface area contributed by atoms with Crippen LogP contribution in [0.3, 0.4) is 0 Å². The highest BCUT2D eigenvalue weighted by atomic mass is 16.6. The number of nitrogens with one attached hydrogen (secondary N) is 2. The zero-order valence-electron chi connectivity index (χ0n) is 13.6. The Morgan fingerprint density at radius 1 is 1.08 bits per heavy atom. The average Bonchev–Trinajstić information content (AvgIpc) is 2.68. The van der Waals surface area contributed by atoms with Gasteiger partial charge in [-0.25, -0.2) is 4.98 Å². The molecule has 0 aliphatic heterocycles. The molecule has 8 nitrogen and oxygen atoms in total. The van der Waals surface area contributed by atoms with Crippen LogP contribution in [0.2, 0.25) is 0 Å². The highest BCUT2D eigenvalue weighted by Crippen LogP contribution is 2.27.